The summed E-state index contributed by atoms with van der Waals surface area (Å²) in [6.07, 6.45) is -0.687. The van der Waals surface area contributed by atoms with Crippen molar-refractivity contribution in [1.82, 2.24) is 14.7 Å². The van der Waals surface area contributed by atoms with Gasteiger partial charge in [0.1, 0.15) is 28.4 Å². The molecule has 0 rings (SSSR count). The lowest BCUT2D eigenvalue weighted by atomic mass is 10.1. The number of esters is 4. The molecule has 0 aliphatic carbocycles. The van der Waals surface area contributed by atoms with Gasteiger partial charge < -0.3 is 29.2 Å². The van der Waals surface area contributed by atoms with Gasteiger partial charge in [-0.15, -0.1) is 0 Å². The number of carbonyl (C=O) groups excluding carboxylic acids is 4. The summed E-state index contributed by atoms with van der Waals surface area (Å²) in [6.45, 7) is 19.1. The first kappa shape index (κ1) is 44.7. The third-order valence-corrected chi connectivity index (χ3v) is 5.86. The highest BCUT2D eigenvalue weighted by Crippen LogP contribution is 2.14. The molecule has 0 spiro atoms. The molecule has 2 N–H and O–H groups in total. The van der Waals surface area contributed by atoms with E-state index >= 15 is 0 Å². The lowest BCUT2D eigenvalue weighted by Gasteiger charge is -2.33. The zero-order valence-electron chi connectivity index (χ0n) is 31.0. The fourth-order valence-corrected chi connectivity index (χ4v) is 4.34. The molecule has 0 radical (unpaired) electrons. The van der Waals surface area contributed by atoms with Gasteiger partial charge in [-0.25, -0.2) is 0 Å². The van der Waals surface area contributed by atoms with Crippen molar-refractivity contribution in [2.24, 2.45) is 0 Å². The number of carbonyl (C=O) groups is 6. The number of carboxylic acids is 2. The van der Waals surface area contributed by atoms with Gasteiger partial charge in [-0.1, -0.05) is 0 Å². The molecule has 0 aliphatic rings. The Morgan fingerprint density at radius 2 is 0.771 bits per heavy atom. The fourth-order valence-electron chi connectivity index (χ4n) is 4.34. The Hall–Kier alpha value is -3.30. The van der Waals surface area contributed by atoms with Crippen molar-refractivity contribution in [1.29, 1.82) is 0 Å². The molecule has 48 heavy (non-hydrogen) atoms. The van der Waals surface area contributed by atoms with Crippen LogP contribution in [0.2, 0.25) is 0 Å². The van der Waals surface area contributed by atoms with Gasteiger partial charge in [0, 0.05) is 32.6 Å². The maximum Gasteiger partial charge on any atom is 0.320 e. The molecule has 0 aromatic heterocycles. The Morgan fingerprint density at radius 3 is 0.979 bits per heavy atom. The lowest BCUT2D eigenvalue weighted by Crippen LogP contribution is -2.50. The summed E-state index contributed by atoms with van der Waals surface area (Å²) in [6, 6.07) is -1.28. The molecule has 0 saturated heterocycles. The Morgan fingerprint density at radius 1 is 0.500 bits per heavy atom. The van der Waals surface area contributed by atoms with E-state index in [1.54, 1.807) is 83.1 Å². The van der Waals surface area contributed by atoms with Crippen molar-refractivity contribution < 1.29 is 57.9 Å². The Bertz CT molecular complexity index is 969. The third kappa shape index (κ3) is 23.9. The monoisotopic (exact) mass is 689 g/mol. The highest BCUT2D eigenvalue weighted by Gasteiger charge is 2.30. The van der Waals surface area contributed by atoms with Crippen LogP contribution in [0.25, 0.3) is 0 Å². The van der Waals surface area contributed by atoms with Gasteiger partial charge in [0.05, 0.1) is 26.2 Å². The second-order valence-corrected chi connectivity index (χ2v) is 15.6. The molecule has 0 aromatic rings. The van der Waals surface area contributed by atoms with Crippen LogP contribution in [-0.4, -0.2) is 142 Å². The second kappa shape index (κ2) is 19.0. The summed E-state index contributed by atoms with van der Waals surface area (Å²) in [5.74, 6) is -4.92. The highest BCUT2D eigenvalue weighted by molar-refractivity contribution is 5.77. The number of hydrogen-bond donors (Lipinski definition) is 2. The standard InChI is InChI=1S/C33H59N3O12/c1-30(2,3)45-25(39)19-34(20-26(40)46-31(4,5)6)15-17-36(23(29(43)44)13-14-24(37)38)18-16-35(21-27(41)47-32(7,8)9)22-28(42)48-33(10,11)12/h23H,13-22H2,1-12H3,(H,37,38)(H,43,44). The van der Waals surface area contributed by atoms with Crippen LogP contribution in [0.1, 0.15) is 95.9 Å². The average Bonchev–Trinajstić information content (AvgIpc) is 2.79. The van der Waals surface area contributed by atoms with Crippen molar-refractivity contribution >= 4 is 35.8 Å². The molecule has 0 amide bonds. The largest absolute Gasteiger partial charge is 0.481 e. The van der Waals surface area contributed by atoms with Gasteiger partial charge in [0.15, 0.2) is 0 Å². The molecule has 1 atom stereocenters. The maximum absolute atomic E-state index is 12.7. The first-order chi connectivity index (χ1) is 21.5. The molecule has 15 heteroatoms. The molecule has 0 aliphatic heterocycles. The van der Waals surface area contributed by atoms with Crippen LogP contribution in [0.4, 0.5) is 0 Å². The maximum atomic E-state index is 12.7. The van der Waals surface area contributed by atoms with E-state index in [-0.39, 0.29) is 58.8 Å². The predicted molar refractivity (Wildman–Crippen MR) is 176 cm³/mol. The van der Waals surface area contributed by atoms with E-state index < -0.39 is 70.7 Å². The van der Waals surface area contributed by atoms with Crippen LogP contribution in [0.3, 0.4) is 0 Å². The number of rotatable bonds is 19. The molecule has 1 unspecified atom stereocenters. The number of nitrogens with zero attached hydrogens (tertiary/aromatic N) is 3. The quantitative estimate of drug-likeness (QED) is 0.149. The zero-order valence-corrected chi connectivity index (χ0v) is 31.0. The summed E-state index contributed by atoms with van der Waals surface area (Å²) < 4.78 is 21.7. The van der Waals surface area contributed by atoms with Crippen LogP contribution in [0, 0.1) is 0 Å². The van der Waals surface area contributed by atoms with Crippen LogP contribution in [-0.2, 0) is 47.7 Å². The van der Waals surface area contributed by atoms with Crippen molar-refractivity contribution in [2.45, 2.75) is 124 Å². The highest BCUT2D eigenvalue weighted by atomic mass is 16.6. The van der Waals surface area contributed by atoms with Crippen molar-refractivity contribution in [3.8, 4) is 0 Å². The van der Waals surface area contributed by atoms with E-state index in [4.69, 9.17) is 18.9 Å². The number of carboxylic acid groups (broad SMARTS) is 2. The zero-order chi connectivity index (χ0) is 37.7. The van der Waals surface area contributed by atoms with Gasteiger partial charge in [-0.2, -0.15) is 0 Å². The average molecular weight is 690 g/mol. The topological polar surface area (TPSA) is 190 Å². The van der Waals surface area contributed by atoms with Crippen LogP contribution >= 0.6 is 0 Å². The van der Waals surface area contributed by atoms with Crippen LogP contribution in [0.15, 0.2) is 0 Å². The fraction of sp³-hybridized carbons (Fsp3) is 0.818. The second-order valence-electron chi connectivity index (χ2n) is 15.6. The molecule has 0 heterocycles. The van der Waals surface area contributed by atoms with E-state index in [0.717, 1.165) is 0 Å². The van der Waals surface area contributed by atoms with Gasteiger partial charge in [0.25, 0.3) is 0 Å². The molecular weight excluding hydrogens is 630 g/mol. The van der Waals surface area contributed by atoms with Crippen molar-refractivity contribution in [3.05, 3.63) is 0 Å². The summed E-state index contributed by atoms with van der Waals surface area (Å²) in [4.78, 5) is 79.2. The summed E-state index contributed by atoms with van der Waals surface area (Å²) in [5, 5.41) is 19.4. The minimum atomic E-state index is -1.28. The third-order valence-electron chi connectivity index (χ3n) is 5.86. The van der Waals surface area contributed by atoms with Gasteiger partial charge >= 0.3 is 35.8 Å². The summed E-state index contributed by atoms with van der Waals surface area (Å²) >= 11 is 0. The van der Waals surface area contributed by atoms with Crippen LogP contribution < -0.4 is 0 Å². The van der Waals surface area contributed by atoms with Crippen LogP contribution in [0.5, 0.6) is 0 Å². The Labute approximate surface area is 285 Å². The first-order valence-electron chi connectivity index (χ1n) is 16.1. The van der Waals surface area contributed by atoms with Gasteiger partial charge in [-0.3, -0.25) is 43.5 Å². The molecule has 0 aromatic carbocycles. The Kier molecular flexibility index (Phi) is 17.7. The van der Waals surface area contributed by atoms with Crippen molar-refractivity contribution in [3.63, 3.8) is 0 Å². The number of ether oxygens (including phenoxy) is 4. The molecule has 0 fully saturated rings. The summed E-state index contributed by atoms with van der Waals surface area (Å²) in [5.41, 5.74) is -3.18. The number of aliphatic carboxylic acids is 2. The Balaban J connectivity index is 6.33. The normalized spacial score (nSPS) is 13.3. The smallest absolute Gasteiger partial charge is 0.320 e. The van der Waals surface area contributed by atoms with E-state index in [0.29, 0.717) is 0 Å². The number of hydrogen-bond acceptors (Lipinski definition) is 13. The van der Waals surface area contributed by atoms with E-state index in [2.05, 4.69) is 0 Å². The van der Waals surface area contributed by atoms with Crippen molar-refractivity contribution in [2.75, 3.05) is 52.4 Å². The minimum Gasteiger partial charge on any atom is -0.481 e. The lowest BCUT2D eigenvalue weighted by molar-refractivity contribution is -0.162. The summed E-state index contributed by atoms with van der Waals surface area (Å²) in [7, 11) is 0. The first-order valence-corrected chi connectivity index (χ1v) is 16.1. The van der Waals surface area contributed by atoms with E-state index in [1.165, 1.54) is 14.7 Å². The molecular formula is C33H59N3O12. The van der Waals surface area contributed by atoms with E-state index in [9.17, 15) is 39.0 Å². The molecule has 0 bridgehead atoms. The van der Waals surface area contributed by atoms with Gasteiger partial charge in [0.2, 0.25) is 0 Å². The molecule has 15 nitrogen and oxygen atoms in total. The molecule has 0 saturated carbocycles. The van der Waals surface area contributed by atoms with E-state index in [1.807, 2.05) is 0 Å². The minimum absolute atomic E-state index is 0.00648. The SMILES string of the molecule is CC(C)(C)OC(=O)CN(CCN(CCN(CC(=O)OC(C)(C)C)CC(=O)OC(C)(C)C)C(CCC(=O)O)C(=O)O)CC(=O)OC(C)(C)C. The molecule has 278 valence electrons. The predicted octanol–water partition coefficient (Wildman–Crippen LogP) is 2.58. The van der Waals surface area contributed by atoms with Gasteiger partial charge in [-0.05, 0) is 89.5 Å².